The molecule has 2 N–H and O–H groups in total. The van der Waals surface area contributed by atoms with Crippen molar-refractivity contribution in [3.8, 4) is 0 Å². The van der Waals surface area contributed by atoms with Crippen LogP contribution in [0.1, 0.15) is 73.2 Å². The molecule has 1 aromatic rings. The number of thiophene rings is 1. The Morgan fingerprint density at radius 2 is 1.96 bits per heavy atom. The molecule has 1 aromatic heterocycles. The summed E-state index contributed by atoms with van der Waals surface area (Å²) < 4.78 is 5.25. The summed E-state index contributed by atoms with van der Waals surface area (Å²) in [6.07, 6.45) is 8.60. The van der Waals surface area contributed by atoms with Gasteiger partial charge in [0.05, 0.1) is 12.2 Å². The summed E-state index contributed by atoms with van der Waals surface area (Å²) in [7, 11) is 0. The minimum atomic E-state index is -0.317. The quantitative estimate of drug-likeness (QED) is 0.773. The summed E-state index contributed by atoms with van der Waals surface area (Å²) in [5.74, 6) is 0.299. The molecular formula is C19H28N2O3S. The molecule has 0 aromatic carbocycles. The van der Waals surface area contributed by atoms with E-state index >= 15 is 0 Å². The Labute approximate surface area is 153 Å². The average molecular weight is 365 g/mol. The van der Waals surface area contributed by atoms with Gasteiger partial charge in [-0.25, -0.2) is 9.59 Å². The highest BCUT2D eigenvalue weighted by molar-refractivity contribution is 7.17. The molecule has 25 heavy (non-hydrogen) atoms. The molecule has 2 aliphatic rings. The first kappa shape index (κ1) is 18.2. The first-order valence-electron chi connectivity index (χ1n) is 9.47. The van der Waals surface area contributed by atoms with Crippen LogP contribution in [0.5, 0.6) is 0 Å². The first-order valence-corrected chi connectivity index (χ1v) is 10.3. The maximum atomic E-state index is 12.5. The minimum absolute atomic E-state index is 0.205. The van der Waals surface area contributed by atoms with E-state index in [1.165, 1.54) is 35.5 Å². The largest absolute Gasteiger partial charge is 0.462 e. The van der Waals surface area contributed by atoms with Gasteiger partial charge in [0.15, 0.2) is 0 Å². The third-order valence-corrected chi connectivity index (χ3v) is 6.33. The van der Waals surface area contributed by atoms with Crippen molar-refractivity contribution < 1.29 is 14.3 Å². The lowest BCUT2D eigenvalue weighted by atomic mass is 9.88. The van der Waals surface area contributed by atoms with Crippen LogP contribution in [0.2, 0.25) is 0 Å². The second-order valence-electron chi connectivity index (χ2n) is 7.21. The van der Waals surface area contributed by atoms with E-state index < -0.39 is 0 Å². The summed E-state index contributed by atoms with van der Waals surface area (Å²) in [5, 5.41) is 6.64. The molecule has 0 radical (unpaired) electrons. The molecule has 0 bridgehead atoms. The van der Waals surface area contributed by atoms with Gasteiger partial charge >= 0.3 is 12.0 Å². The monoisotopic (exact) mass is 364 g/mol. The van der Waals surface area contributed by atoms with Crippen LogP contribution in [0.4, 0.5) is 9.80 Å². The molecule has 1 saturated carbocycles. The third-order valence-electron chi connectivity index (χ3n) is 5.16. The van der Waals surface area contributed by atoms with Gasteiger partial charge in [0.2, 0.25) is 0 Å². The molecule has 1 fully saturated rings. The molecule has 2 amide bonds. The fourth-order valence-electron chi connectivity index (χ4n) is 3.83. The number of anilines is 1. The van der Waals surface area contributed by atoms with Gasteiger partial charge in [-0.2, -0.15) is 0 Å². The van der Waals surface area contributed by atoms with Crippen molar-refractivity contribution in [2.24, 2.45) is 5.92 Å². The molecule has 6 heteroatoms. The number of urea groups is 1. The van der Waals surface area contributed by atoms with E-state index in [1.807, 2.05) is 6.92 Å². The number of carbonyl (C=O) groups is 2. The Morgan fingerprint density at radius 3 is 2.68 bits per heavy atom. The zero-order chi connectivity index (χ0) is 17.8. The maximum absolute atomic E-state index is 12.5. The molecular weight excluding hydrogens is 336 g/mol. The maximum Gasteiger partial charge on any atom is 0.341 e. The molecule has 0 spiro atoms. The van der Waals surface area contributed by atoms with E-state index in [0.29, 0.717) is 23.1 Å². The van der Waals surface area contributed by atoms with E-state index in [9.17, 15) is 9.59 Å². The van der Waals surface area contributed by atoms with Crippen LogP contribution in [-0.4, -0.2) is 24.6 Å². The van der Waals surface area contributed by atoms with Crippen molar-refractivity contribution in [1.29, 1.82) is 0 Å². The van der Waals surface area contributed by atoms with Crippen LogP contribution in [0.3, 0.4) is 0 Å². The number of hydrogen-bond donors (Lipinski definition) is 2. The first-order chi connectivity index (χ1) is 12.1. The Balaban J connectivity index is 1.77. The van der Waals surface area contributed by atoms with E-state index in [2.05, 4.69) is 17.6 Å². The molecule has 2 aliphatic carbocycles. The third kappa shape index (κ3) is 4.35. The molecule has 0 saturated heterocycles. The normalized spacial score (nSPS) is 20.6. The number of carbonyl (C=O) groups excluding carboxylic acids is 2. The average Bonchev–Trinajstić information content (AvgIpc) is 2.92. The Morgan fingerprint density at radius 1 is 1.20 bits per heavy atom. The molecule has 1 unspecified atom stereocenters. The van der Waals surface area contributed by atoms with E-state index in [1.54, 1.807) is 0 Å². The fourth-order valence-corrected chi connectivity index (χ4v) is 5.22. The number of amides is 2. The van der Waals surface area contributed by atoms with Crippen molar-refractivity contribution in [2.45, 2.75) is 71.3 Å². The highest BCUT2D eigenvalue weighted by Gasteiger charge is 2.29. The number of ether oxygens (including phenoxy) is 1. The van der Waals surface area contributed by atoms with E-state index in [4.69, 9.17) is 4.74 Å². The summed E-state index contributed by atoms with van der Waals surface area (Å²) in [6.45, 7) is 4.38. The second-order valence-corrected chi connectivity index (χ2v) is 8.31. The lowest BCUT2D eigenvalue weighted by Crippen LogP contribution is -2.39. The summed E-state index contributed by atoms with van der Waals surface area (Å²) in [5.41, 5.74) is 1.65. The molecule has 1 heterocycles. The minimum Gasteiger partial charge on any atom is -0.462 e. The molecule has 0 aliphatic heterocycles. The standard InChI is InChI=1S/C19H28N2O3S/c1-3-24-18(22)16-14-10-9-12(2)11-15(14)25-17(16)21-19(23)20-13-7-5-4-6-8-13/h12-13H,3-11H2,1-2H3,(H2,20,21,23). The van der Waals surface area contributed by atoms with Gasteiger partial charge < -0.3 is 10.1 Å². The van der Waals surface area contributed by atoms with Gasteiger partial charge in [0, 0.05) is 10.9 Å². The number of fused-ring (bicyclic) bond motifs is 1. The lowest BCUT2D eigenvalue weighted by molar-refractivity contribution is 0.0526. The Bertz CT molecular complexity index is 635. The SMILES string of the molecule is CCOC(=O)c1c(NC(=O)NC2CCCCC2)sc2c1CCC(C)C2. The van der Waals surface area contributed by atoms with Crippen LogP contribution in [0.25, 0.3) is 0 Å². The smallest absolute Gasteiger partial charge is 0.341 e. The predicted molar refractivity (Wildman–Crippen MR) is 100 cm³/mol. The number of rotatable bonds is 4. The fraction of sp³-hybridized carbons (Fsp3) is 0.684. The van der Waals surface area contributed by atoms with Crippen LogP contribution >= 0.6 is 11.3 Å². The van der Waals surface area contributed by atoms with Crippen LogP contribution in [-0.2, 0) is 17.6 Å². The van der Waals surface area contributed by atoms with Crippen LogP contribution < -0.4 is 10.6 Å². The van der Waals surface area contributed by atoms with Gasteiger partial charge in [-0.3, -0.25) is 5.32 Å². The summed E-state index contributed by atoms with van der Waals surface area (Å²) in [6, 6.07) is 0.0403. The summed E-state index contributed by atoms with van der Waals surface area (Å²) >= 11 is 1.54. The molecule has 138 valence electrons. The van der Waals surface area contributed by atoms with Crippen molar-refractivity contribution in [3.63, 3.8) is 0 Å². The van der Waals surface area contributed by atoms with Gasteiger partial charge in [-0.1, -0.05) is 26.2 Å². The molecule has 1 atom stereocenters. The predicted octanol–water partition coefficient (Wildman–Crippen LogP) is 4.50. The topological polar surface area (TPSA) is 67.4 Å². The molecule has 3 rings (SSSR count). The van der Waals surface area contributed by atoms with Gasteiger partial charge in [0.1, 0.15) is 5.00 Å². The van der Waals surface area contributed by atoms with Crippen molar-refractivity contribution >= 4 is 28.3 Å². The lowest BCUT2D eigenvalue weighted by Gasteiger charge is -2.22. The zero-order valence-electron chi connectivity index (χ0n) is 15.2. The second kappa shape index (κ2) is 8.21. The van der Waals surface area contributed by atoms with Gasteiger partial charge in [0.25, 0.3) is 0 Å². The Hall–Kier alpha value is -1.56. The van der Waals surface area contributed by atoms with Gasteiger partial charge in [-0.15, -0.1) is 11.3 Å². The van der Waals surface area contributed by atoms with Crippen LogP contribution in [0, 0.1) is 5.92 Å². The van der Waals surface area contributed by atoms with Crippen molar-refractivity contribution in [1.82, 2.24) is 5.32 Å². The van der Waals surface area contributed by atoms with E-state index in [-0.39, 0.29) is 18.0 Å². The molecule has 5 nitrogen and oxygen atoms in total. The zero-order valence-corrected chi connectivity index (χ0v) is 16.0. The van der Waals surface area contributed by atoms with Crippen LogP contribution in [0.15, 0.2) is 0 Å². The highest BCUT2D eigenvalue weighted by Crippen LogP contribution is 2.40. The van der Waals surface area contributed by atoms with Gasteiger partial charge in [-0.05, 0) is 50.5 Å². The van der Waals surface area contributed by atoms with Crippen molar-refractivity contribution in [3.05, 3.63) is 16.0 Å². The number of hydrogen-bond acceptors (Lipinski definition) is 4. The van der Waals surface area contributed by atoms with Crippen molar-refractivity contribution in [2.75, 3.05) is 11.9 Å². The Kier molecular flexibility index (Phi) is 5.99. The number of esters is 1. The number of nitrogens with one attached hydrogen (secondary N) is 2. The summed E-state index contributed by atoms with van der Waals surface area (Å²) in [4.78, 5) is 26.1. The highest BCUT2D eigenvalue weighted by atomic mass is 32.1. The van der Waals surface area contributed by atoms with E-state index in [0.717, 1.165) is 37.7 Å².